The maximum absolute atomic E-state index is 12.9. The van der Waals surface area contributed by atoms with Crippen LogP contribution in [0.1, 0.15) is 4.88 Å². The number of nitrogens with one attached hydrogen (secondary N) is 1. The van der Waals surface area contributed by atoms with E-state index in [-0.39, 0.29) is 12.2 Å². The van der Waals surface area contributed by atoms with Crippen LogP contribution >= 0.6 is 11.3 Å². The molecule has 1 N–H and O–H groups in total. The van der Waals surface area contributed by atoms with E-state index in [0.717, 1.165) is 20.7 Å². The van der Waals surface area contributed by atoms with Crippen molar-refractivity contribution in [3.63, 3.8) is 0 Å². The molecular weight excluding hydrogens is 354 g/mol. The van der Waals surface area contributed by atoms with Gasteiger partial charge in [-0.05, 0) is 12.5 Å². The van der Waals surface area contributed by atoms with Crippen molar-refractivity contribution in [3.05, 3.63) is 51.9 Å². The minimum atomic E-state index is -0.433. The molecule has 0 aliphatic rings. The second-order valence-corrected chi connectivity index (χ2v) is 6.78. The number of benzene rings is 1. The first kappa shape index (κ1) is 18.2. The predicted octanol–water partition coefficient (Wildman–Crippen LogP) is 2.17. The Morgan fingerprint density at radius 2 is 2.04 bits per heavy atom. The second kappa shape index (κ2) is 8.22. The number of hydrogen-bond donors (Lipinski definition) is 1. The fraction of sp³-hybridized carbons (Fsp3) is 0.278. The quantitative estimate of drug-likeness (QED) is 0.642. The number of aryl methyl sites for hydroxylation is 1. The van der Waals surface area contributed by atoms with E-state index in [0.29, 0.717) is 23.4 Å². The van der Waals surface area contributed by atoms with Crippen molar-refractivity contribution in [2.24, 2.45) is 0 Å². The van der Waals surface area contributed by atoms with Crippen molar-refractivity contribution in [1.82, 2.24) is 9.66 Å². The third-order valence-corrected chi connectivity index (χ3v) is 4.77. The molecule has 3 rings (SSSR count). The molecule has 0 bridgehead atoms. The second-order valence-electron chi connectivity index (χ2n) is 5.58. The van der Waals surface area contributed by atoms with E-state index in [1.165, 1.54) is 17.7 Å². The first-order valence-corrected chi connectivity index (χ1v) is 8.86. The van der Waals surface area contributed by atoms with E-state index in [1.54, 1.807) is 7.11 Å². The molecule has 2 aromatic heterocycles. The topological polar surface area (TPSA) is 82.4 Å². The van der Waals surface area contributed by atoms with Gasteiger partial charge in [-0.3, -0.25) is 15.0 Å². The fourth-order valence-electron chi connectivity index (χ4n) is 2.61. The number of aromatic nitrogens is 2. The van der Waals surface area contributed by atoms with Gasteiger partial charge in [0.1, 0.15) is 17.8 Å². The molecule has 8 heteroatoms. The monoisotopic (exact) mass is 373 g/mol. The molecule has 1 amide bonds. The van der Waals surface area contributed by atoms with Gasteiger partial charge in [0.2, 0.25) is 0 Å². The van der Waals surface area contributed by atoms with E-state index in [9.17, 15) is 9.59 Å². The van der Waals surface area contributed by atoms with Crippen LogP contribution in [0, 0.1) is 6.92 Å². The number of hydrogen-bond acceptors (Lipinski definition) is 6. The highest BCUT2D eigenvalue weighted by Gasteiger charge is 2.17. The number of methoxy groups -OCH3 is 1. The van der Waals surface area contributed by atoms with Crippen molar-refractivity contribution in [1.29, 1.82) is 0 Å². The molecule has 26 heavy (non-hydrogen) atoms. The van der Waals surface area contributed by atoms with Crippen LogP contribution in [-0.4, -0.2) is 42.5 Å². The van der Waals surface area contributed by atoms with Gasteiger partial charge in [-0.15, -0.1) is 11.3 Å². The van der Waals surface area contributed by atoms with Crippen LogP contribution in [-0.2, 0) is 14.3 Å². The lowest BCUT2D eigenvalue weighted by molar-refractivity contribution is -0.122. The van der Waals surface area contributed by atoms with Crippen LogP contribution in [0.2, 0.25) is 0 Å². The summed E-state index contributed by atoms with van der Waals surface area (Å²) in [6.45, 7) is 2.50. The number of carbonyl (C=O) groups is 1. The summed E-state index contributed by atoms with van der Waals surface area (Å²) in [5.74, 6) is -0.433. The molecule has 0 aliphatic heterocycles. The van der Waals surface area contributed by atoms with Gasteiger partial charge in [0.25, 0.3) is 11.5 Å². The maximum atomic E-state index is 12.9. The number of ether oxygens (including phenoxy) is 2. The Bertz CT molecular complexity index is 966. The van der Waals surface area contributed by atoms with Crippen LogP contribution in [0.3, 0.4) is 0 Å². The summed E-state index contributed by atoms with van der Waals surface area (Å²) in [4.78, 5) is 30.8. The fourth-order valence-corrected chi connectivity index (χ4v) is 3.61. The summed E-state index contributed by atoms with van der Waals surface area (Å²) in [6, 6.07) is 9.67. The molecule has 2 heterocycles. The highest BCUT2D eigenvalue weighted by molar-refractivity contribution is 7.19. The van der Waals surface area contributed by atoms with Gasteiger partial charge in [0, 0.05) is 17.6 Å². The molecule has 0 radical (unpaired) electrons. The molecule has 0 spiro atoms. The van der Waals surface area contributed by atoms with Gasteiger partial charge in [-0.25, -0.2) is 9.66 Å². The van der Waals surface area contributed by atoms with Gasteiger partial charge in [0.05, 0.1) is 18.6 Å². The number of amides is 1. The molecule has 0 saturated carbocycles. The van der Waals surface area contributed by atoms with Crippen molar-refractivity contribution in [2.45, 2.75) is 6.92 Å². The lowest BCUT2D eigenvalue weighted by atomic mass is 10.0. The number of nitrogens with zero attached hydrogens (tertiary/aromatic N) is 2. The molecule has 3 aromatic rings. The van der Waals surface area contributed by atoms with E-state index in [4.69, 9.17) is 9.47 Å². The van der Waals surface area contributed by atoms with Gasteiger partial charge in [-0.1, -0.05) is 30.3 Å². The Balaban J connectivity index is 1.91. The van der Waals surface area contributed by atoms with Crippen molar-refractivity contribution >= 4 is 27.5 Å². The van der Waals surface area contributed by atoms with E-state index < -0.39 is 5.91 Å². The van der Waals surface area contributed by atoms with Crippen molar-refractivity contribution in [3.8, 4) is 11.1 Å². The zero-order valence-electron chi connectivity index (χ0n) is 14.5. The molecular formula is C18H19N3O4S. The Kier molecular flexibility index (Phi) is 5.77. The predicted molar refractivity (Wildman–Crippen MR) is 101 cm³/mol. The summed E-state index contributed by atoms with van der Waals surface area (Å²) < 4.78 is 11.1. The van der Waals surface area contributed by atoms with Gasteiger partial charge in [0.15, 0.2) is 0 Å². The summed E-state index contributed by atoms with van der Waals surface area (Å²) >= 11 is 1.46. The Labute approximate surface area is 154 Å². The maximum Gasteiger partial charge on any atom is 0.281 e. The first-order valence-electron chi connectivity index (χ1n) is 8.04. The lowest BCUT2D eigenvalue weighted by Gasteiger charge is -2.09. The largest absolute Gasteiger partial charge is 0.382 e. The van der Waals surface area contributed by atoms with Gasteiger partial charge in [-0.2, -0.15) is 0 Å². The zero-order chi connectivity index (χ0) is 18.5. The highest BCUT2D eigenvalue weighted by atomic mass is 32.1. The summed E-state index contributed by atoms with van der Waals surface area (Å²) in [6.07, 6.45) is 1.32. The minimum Gasteiger partial charge on any atom is -0.382 e. The smallest absolute Gasteiger partial charge is 0.281 e. The molecule has 0 unspecified atom stereocenters. The third-order valence-electron chi connectivity index (χ3n) is 3.76. The number of fused-ring (bicyclic) bond motifs is 1. The summed E-state index contributed by atoms with van der Waals surface area (Å²) in [7, 11) is 1.55. The first-order chi connectivity index (χ1) is 12.6. The van der Waals surface area contributed by atoms with Gasteiger partial charge < -0.3 is 9.47 Å². The molecule has 1 aromatic carbocycles. The number of rotatable bonds is 7. The zero-order valence-corrected chi connectivity index (χ0v) is 15.3. The lowest BCUT2D eigenvalue weighted by Crippen LogP contribution is -2.35. The molecule has 0 saturated heterocycles. The average Bonchev–Trinajstić information content (AvgIpc) is 2.99. The number of thiophene rings is 1. The van der Waals surface area contributed by atoms with Crippen LogP contribution in [0.5, 0.6) is 0 Å². The Morgan fingerprint density at radius 3 is 2.77 bits per heavy atom. The standard InChI is InChI=1S/C18H19N3O4S/c1-12-15(13-6-4-3-5-7-13)16-17(26-12)19-11-21(18(16)23)20-14(22)10-25-9-8-24-2/h3-7,11H,8-10H2,1-2H3,(H,20,22). The third kappa shape index (κ3) is 3.82. The Morgan fingerprint density at radius 1 is 1.27 bits per heavy atom. The molecule has 0 aliphatic carbocycles. The normalized spacial score (nSPS) is 11.0. The SMILES string of the molecule is COCCOCC(=O)Nn1cnc2sc(C)c(-c3ccccc3)c2c1=O. The van der Waals surface area contributed by atoms with E-state index in [2.05, 4.69) is 10.4 Å². The minimum absolute atomic E-state index is 0.165. The van der Waals surface area contributed by atoms with Crippen molar-refractivity contribution in [2.75, 3.05) is 32.4 Å². The van der Waals surface area contributed by atoms with E-state index in [1.807, 2.05) is 37.3 Å². The highest BCUT2D eigenvalue weighted by Crippen LogP contribution is 2.35. The average molecular weight is 373 g/mol. The van der Waals surface area contributed by atoms with Crippen LogP contribution in [0.25, 0.3) is 21.3 Å². The molecule has 136 valence electrons. The van der Waals surface area contributed by atoms with Crippen LogP contribution < -0.4 is 11.0 Å². The molecule has 0 fully saturated rings. The van der Waals surface area contributed by atoms with Crippen LogP contribution in [0.4, 0.5) is 0 Å². The van der Waals surface area contributed by atoms with Gasteiger partial charge >= 0.3 is 0 Å². The summed E-state index contributed by atoms with van der Waals surface area (Å²) in [5, 5.41) is 0.502. The van der Waals surface area contributed by atoms with E-state index >= 15 is 0 Å². The molecule has 7 nitrogen and oxygen atoms in total. The summed E-state index contributed by atoms with van der Waals surface area (Å²) in [5.41, 5.74) is 3.99. The number of carbonyl (C=O) groups excluding carboxylic acids is 1. The van der Waals surface area contributed by atoms with Crippen LogP contribution in [0.15, 0.2) is 41.5 Å². The Hall–Kier alpha value is -2.55. The molecule has 0 atom stereocenters. The van der Waals surface area contributed by atoms with Crippen molar-refractivity contribution < 1.29 is 14.3 Å².